The number of nitrogens with one attached hydrogen (secondary N) is 1. The number of aryl methyl sites for hydroxylation is 2. The molecule has 0 saturated heterocycles. The first-order valence-electron chi connectivity index (χ1n) is 11.7. The Bertz CT molecular complexity index is 1290. The topological polar surface area (TPSA) is 53.9 Å². The number of rotatable bonds is 2. The van der Waals surface area contributed by atoms with Crippen molar-refractivity contribution in [1.82, 2.24) is 19.4 Å². The number of fused-ring (bicyclic) bond motifs is 3. The van der Waals surface area contributed by atoms with E-state index < -0.39 is 55.1 Å². The molecular weight excluding hydrogens is 276 g/mol. The molecule has 0 bridgehead atoms. The average molecular weight is 304 g/mol. The molecular formula is C17H18N4O. The summed E-state index contributed by atoms with van der Waals surface area (Å²) in [6.45, 7) is -5.63. The SMILES string of the molecule is [2H]c1nc(C([2H])([2H])N2CCc3c(c4c([2H])c([2H])c([2H])c([2H])c4n3C)C2=O)c(C([2H])([2H])[2H])[nH]1. The number of carbonyl (C=O) groups excluding carboxylic acids is 1. The normalized spacial score (nSPS) is 22.4. The van der Waals surface area contributed by atoms with Gasteiger partial charge < -0.3 is 14.5 Å². The van der Waals surface area contributed by atoms with E-state index in [1.54, 1.807) is 7.05 Å². The number of para-hydroxylation sites is 1. The number of amides is 1. The van der Waals surface area contributed by atoms with Gasteiger partial charge in [0.2, 0.25) is 0 Å². The maximum atomic E-state index is 13.5. The maximum Gasteiger partial charge on any atom is 0.256 e. The standard InChI is InChI=1S/C17H18N4O/c1-11-13(19-10-18-11)9-21-8-7-15-16(17(21)22)12-5-3-4-6-14(12)20(15)2/h3-6,10H,7-9H2,1-2H3,(H,18,19)/i1D3,3D,4D,5D,6D,9D2,10D. The molecule has 0 aliphatic carbocycles. The van der Waals surface area contributed by atoms with Gasteiger partial charge in [0.25, 0.3) is 5.91 Å². The Hall–Kier alpha value is -2.56. The molecule has 5 heteroatoms. The Balaban J connectivity index is 1.93. The number of carbonyl (C=O) groups is 1. The van der Waals surface area contributed by atoms with E-state index in [0.717, 1.165) is 4.90 Å². The smallest absolute Gasteiger partial charge is 0.256 e. The first kappa shape index (κ1) is 6.28. The van der Waals surface area contributed by atoms with Crippen LogP contribution in [0.5, 0.6) is 0 Å². The van der Waals surface area contributed by atoms with Crippen molar-refractivity contribution in [1.29, 1.82) is 0 Å². The van der Waals surface area contributed by atoms with Crippen LogP contribution in [-0.4, -0.2) is 31.9 Å². The first-order chi connectivity index (χ1) is 14.7. The second-order valence-corrected chi connectivity index (χ2v) is 5.00. The average Bonchev–Trinajstić information content (AvgIpc) is 3.24. The van der Waals surface area contributed by atoms with E-state index in [0.29, 0.717) is 5.69 Å². The third kappa shape index (κ3) is 1.78. The number of aromatic amines is 1. The fraction of sp³-hybridized carbons (Fsp3) is 0.294. The summed E-state index contributed by atoms with van der Waals surface area (Å²) in [5, 5.41) is -0.0155. The van der Waals surface area contributed by atoms with E-state index in [-0.39, 0.29) is 35.5 Å². The molecule has 1 amide bonds. The first-order valence-corrected chi connectivity index (χ1v) is 6.66. The molecule has 112 valence electrons. The number of hydrogen-bond donors (Lipinski definition) is 1. The Kier molecular flexibility index (Phi) is 1.35. The molecule has 4 rings (SSSR count). The minimum Gasteiger partial charge on any atom is -0.348 e. The number of benzene rings is 1. The molecule has 0 radical (unpaired) electrons. The second-order valence-electron chi connectivity index (χ2n) is 5.00. The molecule has 1 aliphatic rings. The molecule has 1 aromatic carbocycles. The van der Waals surface area contributed by atoms with Crippen molar-refractivity contribution < 1.29 is 18.5 Å². The highest BCUT2D eigenvalue weighted by molar-refractivity contribution is 6.09. The summed E-state index contributed by atoms with van der Waals surface area (Å²) in [6.07, 6.45) is -0.425. The number of imidazole rings is 1. The number of H-pyrrole nitrogens is 1. The number of hydrogen-bond acceptors (Lipinski definition) is 2. The fourth-order valence-corrected chi connectivity index (χ4v) is 2.73. The van der Waals surface area contributed by atoms with Gasteiger partial charge in [0.1, 0.15) is 1.37 Å². The zero-order chi connectivity index (χ0) is 23.9. The molecule has 1 N–H and O–H groups in total. The predicted octanol–water partition coefficient (Wildman–Crippen LogP) is 2.41. The molecule has 1 aliphatic heterocycles. The minimum absolute atomic E-state index is 0.0155. The largest absolute Gasteiger partial charge is 0.348 e. The summed E-state index contributed by atoms with van der Waals surface area (Å²) in [7, 11) is 1.58. The Morgan fingerprint density at radius 3 is 3.23 bits per heavy atom. The van der Waals surface area contributed by atoms with Gasteiger partial charge in [-0.2, -0.15) is 0 Å². The Morgan fingerprint density at radius 1 is 1.50 bits per heavy atom. The van der Waals surface area contributed by atoms with E-state index >= 15 is 0 Å². The lowest BCUT2D eigenvalue weighted by Crippen LogP contribution is -2.37. The van der Waals surface area contributed by atoms with Gasteiger partial charge in [-0.3, -0.25) is 4.79 Å². The van der Waals surface area contributed by atoms with E-state index in [4.69, 9.17) is 13.7 Å². The number of aromatic nitrogens is 3. The monoisotopic (exact) mass is 304 g/mol. The van der Waals surface area contributed by atoms with Gasteiger partial charge in [-0.25, -0.2) is 4.98 Å². The molecule has 0 fully saturated rings. The molecule has 3 aromatic rings. The van der Waals surface area contributed by atoms with Crippen molar-refractivity contribution in [2.24, 2.45) is 7.05 Å². The van der Waals surface area contributed by atoms with E-state index in [9.17, 15) is 4.79 Å². The van der Waals surface area contributed by atoms with Gasteiger partial charge in [-0.1, -0.05) is 18.1 Å². The summed E-state index contributed by atoms with van der Waals surface area (Å²) in [4.78, 5) is 20.2. The van der Waals surface area contributed by atoms with E-state index in [1.807, 2.05) is 0 Å². The lowest BCUT2D eigenvalue weighted by Gasteiger charge is -2.27. The van der Waals surface area contributed by atoms with Crippen LogP contribution in [0.15, 0.2) is 30.5 Å². The van der Waals surface area contributed by atoms with Crippen LogP contribution in [0.25, 0.3) is 10.9 Å². The van der Waals surface area contributed by atoms with Crippen LogP contribution in [0.3, 0.4) is 0 Å². The summed E-state index contributed by atoms with van der Waals surface area (Å²) >= 11 is 0. The molecule has 0 spiro atoms. The van der Waals surface area contributed by atoms with Crippen molar-refractivity contribution in [3.05, 3.63) is 53.1 Å². The van der Waals surface area contributed by atoms with Crippen LogP contribution in [0.2, 0.25) is 0 Å². The summed E-state index contributed by atoms with van der Waals surface area (Å²) in [5.41, 5.74) is -0.662. The van der Waals surface area contributed by atoms with Crippen molar-refractivity contribution >= 4 is 16.8 Å². The van der Waals surface area contributed by atoms with E-state index in [2.05, 4.69) is 9.97 Å². The van der Waals surface area contributed by atoms with E-state index in [1.165, 1.54) is 4.57 Å². The Labute approximate surface area is 142 Å². The minimum atomic E-state index is -2.79. The van der Waals surface area contributed by atoms with Crippen LogP contribution >= 0.6 is 0 Å². The highest BCUT2D eigenvalue weighted by Crippen LogP contribution is 2.30. The summed E-state index contributed by atoms with van der Waals surface area (Å²) < 4.78 is 81.5. The van der Waals surface area contributed by atoms with Crippen molar-refractivity contribution in [2.45, 2.75) is 19.8 Å². The highest BCUT2D eigenvalue weighted by Gasteiger charge is 2.30. The van der Waals surface area contributed by atoms with Crippen LogP contribution in [-0.2, 0) is 20.0 Å². The molecule has 5 nitrogen and oxygen atoms in total. The Morgan fingerprint density at radius 2 is 2.36 bits per heavy atom. The molecule has 22 heavy (non-hydrogen) atoms. The number of nitrogens with zero attached hydrogens (tertiary/aromatic N) is 3. The molecule has 2 aromatic heterocycles. The maximum absolute atomic E-state index is 13.5. The van der Waals surface area contributed by atoms with Gasteiger partial charge >= 0.3 is 0 Å². The predicted molar refractivity (Wildman–Crippen MR) is 84.7 cm³/mol. The van der Waals surface area contributed by atoms with Gasteiger partial charge in [-0.05, 0) is 12.9 Å². The zero-order valence-electron chi connectivity index (χ0n) is 21.7. The third-order valence-electron chi connectivity index (χ3n) is 3.80. The second kappa shape index (κ2) is 4.73. The molecule has 0 unspecified atom stereocenters. The van der Waals surface area contributed by atoms with Crippen molar-refractivity contribution in [2.75, 3.05) is 6.54 Å². The third-order valence-corrected chi connectivity index (χ3v) is 3.80. The quantitative estimate of drug-likeness (QED) is 0.790. The lowest BCUT2D eigenvalue weighted by molar-refractivity contribution is 0.0725. The highest BCUT2D eigenvalue weighted by atomic mass is 16.2. The molecule has 3 heterocycles. The van der Waals surface area contributed by atoms with Crippen molar-refractivity contribution in [3.8, 4) is 0 Å². The fourth-order valence-electron chi connectivity index (χ4n) is 2.73. The molecule has 0 atom stereocenters. The van der Waals surface area contributed by atoms with Gasteiger partial charge in [0, 0.05) is 46.4 Å². The van der Waals surface area contributed by atoms with Crippen LogP contribution in [0, 0.1) is 6.85 Å². The molecule has 0 saturated carbocycles. The van der Waals surface area contributed by atoms with Crippen molar-refractivity contribution in [3.63, 3.8) is 0 Å². The summed E-state index contributed by atoms with van der Waals surface area (Å²) in [6, 6.07) is -1.68. The van der Waals surface area contributed by atoms with Gasteiger partial charge in [0.05, 0.1) is 32.3 Å². The zero-order valence-corrected chi connectivity index (χ0v) is 11.7. The van der Waals surface area contributed by atoms with Crippen LogP contribution in [0.4, 0.5) is 0 Å². The van der Waals surface area contributed by atoms with Crippen LogP contribution in [0.1, 0.15) is 41.1 Å². The van der Waals surface area contributed by atoms with Crippen LogP contribution < -0.4 is 0 Å². The summed E-state index contributed by atoms with van der Waals surface area (Å²) in [5.74, 6) is -0.849. The lowest BCUT2D eigenvalue weighted by atomic mass is 10.0. The van der Waals surface area contributed by atoms with Gasteiger partial charge in [0.15, 0.2) is 0 Å². The van der Waals surface area contributed by atoms with Gasteiger partial charge in [-0.15, -0.1) is 0 Å².